The SMILES string of the molecule is CCOC(=O)c1cc2cc(-n3c(=S)[nH]c4ccccc4c3=O)ccc2s1. The monoisotopic (exact) mass is 382 g/mol. The van der Waals surface area contributed by atoms with Gasteiger partial charge >= 0.3 is 5.97 Å². The van der Waals surface area contributed by atoms with Crippen LogP contribution in [0.25, 0.3) is 26.7 Å². The van der Waals surface area contributed by atoms with Gasteiger partial charge in [-0.25, -0.2) is 4.79 Å². The Balaban J connectivity index is 1.90. The second-order valence-corrected chi connectivity index (χ2v) is 7.14. The third-order valence-electron chi connectivity index (χ3n) is 4.04. The third kappa shape index (κ3) is 2.75. The molecule has 1 N–H and O–H groups in total. The standard InChI is InChI=1S/C19H14N2O3S2/c1-2-24-18(23)16-10-11-9-12(7-8-15(11)26-16)21-17(22)13-5-3-4-6-14(13)20-19(21)25/h3-10H,2H2,1H3,(H,20,25). The number of fused-ring (bicyclic) bond motifs is 2. The highest BCUT2D eigenvalue weighted by atomic mass is 32.1. The molecule has 0 saturated carbocycles. The number of aromatic amines is 1. The number of hydrogen-bond donors (Lipinski definition) is 1. The highest BCUT2D eigenvalue weighted by molar-refractivity contribution is 7.71. The van der Waals surface area contributed by atoms with Gasteiger partial charge in [-0.3, -0.25) is 9.36 Å². The molecule has 0 spiro atoms. The number of thiophene rings is 1. The minimum Gasteiger partial charge on any atom is -0.462 e. The first kappa shape index (κ1) is 16.7. The lowest BCUT2D eigenvalue weighted by atomic mass is 10.2. The first-order chi connectivity index (χ1) is 12.6. The summed E-state index contributed by atoms with van der Waals surface area (Å²) in [6.07, 6.45) is 0. The fraction of sp³-hybridized carbons (Fsp3) is 0.105. The molecule has 5 nitrogen and oxygen atoms in total. The maximum Gasteiger partial charge on any atom is 0.348 e. The van der Waals surface area contributed by atoms with Gasteiger partial charge in [-0.05, 0) is 60.9 Å². The lowest BCUT2D eigenvalue weighted by Crippen LogP contribution is -2.20. The molecule has 4 aromatic rings. The lowest BCUT2D eigenvalue weighted by molar-refractivity contribution is 0.0532. The fourth-order valence-corrected chi connectivity index (χ4v) is 4.10. The molecule has 130 valence electrons. The number of carbonyl (C=O) groups is 1. The Morgan fingerprint density at radius 1 is 1.23 bits per heavy atom. The number of nitrogens with zero attached hydrogens (tertiary/aromatic N) is 1. The third-order valence-corrected chi connectivity index (χ3v) is 5.42. The van der Waals surface area contributed by atoms with Crippen molar-refractivity contribution < 1.29 is 9.53 Å². The molecule has 0 aliphatic heterocycles. The van der Waals surface area contributed by atoms with Crippen molar-refractivity contribution in [1.29, 1.82) is 0 Å². The molecule has 0 radical (unpaired) electrons. The van der Waals surface area contributed by atoms with Crippen LogP contribution >= 0.6 is 23.6 Å². The van der Waals surface area contributed by atoms with Crippen molar-refractivity contribution in [1.82, 2.24) is 9.55 Å². The zero-order valence-electron chi connectivity index (χ0n) is 13.8. The van der Waals surface area contributed by atoms with Gasteiger partial charge in [0, 0.05) is 4.70 Å². The largest absolute Gasteiger partial charge is 0.462 e. The minimum absolute atomic E-state index is 0.176. The van der Waals surface area contributed by atoms with Crippen LogP contribution in [0.5, 0.6) is 0 Å². The highest BCUT2D eigenvalue weighted by Gasteiger charge is 2.13. The Kier molecular flexibility index (Phi) is 4.18. The Morgan fingerprint density at radius 2 is 2.04 bits per heavy atom. The van der Waals surface area contributed by atoms with E-state index in [2.05, 4.69) is 4.98 Å². The number of esters is 1. The normalized spacial score (nSPS) is 11.1. The van der Waals surface area contributed by atoms with Crippen LogP contribution in [0.3, 0.4) is 0 Å². The molecule has 0 fully saturated rings. The maximum atomic E-state index is 12.9. The van der Waals surface area contributed by atoms with E-state index in [4.69, 9.17) is 17.0 Å². The van der Waals surface area contributed by atoms with Crippen molar-refractivity contribution >= 4 is 50.5 Å². The Bertz CT molecular complexity index is 1270. The van der Waals surface area contributed by atoms with E-state index in [1.165, 1.54) is 15.9 Å². The summed E-state index contributed by atoms with van der Waals surface area (Å²) in [7, 11) is 0. The summed E-state index contributed by atoms with van der Waals surface area (Å²) in [4.78, 5) is 28.5. The van der Waals surface area contributed by atoms with Gasteiger partial charge in [0.1, 0.15) is 4.88 Å². The van der Waals surface area contributed by atoms with Crippen molar-refractivity contribution in [3.63, 3.8) is 0 Å². The van der Waals surface area contributed by atoms with Crippen LogP contribution in [-0.2, 0) is 4.74 Å². The molecule has 2 heterocycles. The molecule has 0 atom stereocenters. The number of nitrogens with one attached hydrogen (secondary N) is 1. The molecule has 2 aromatic heterocycles. The zero-order chi connectivity index (χ0) is 18.3. The number of para-hydroxylation sites is 1. The predicted molar refractivity (Wildman–Crippen MR) is 106 cm³/mol. The first-order valence-electron chi connectivity index (χ1n) is 8.03. The van der Waals surface area contributed by atoms with Crippen LogP contribution < -0.4 is 5.56 Å². The smallest absolute Gasteiger partial charge is 0.348 e. The lowest BCUT2D eigenvalue weighted by Gasteiger charge is -2.08. The zero-order valence-corrected chi connectivity index (χ0v) is 15.4. The average molecular weight is 382 g/mol. The van der Waals surface area contributed by atoms with Gasteiger partial charge in [0.2, 0.25) is 0 Å². The molecule has 4 rings (SSSR count). The summed E-state index contributed by atoms with van der Waals surface area (Å²) < 4.78 is 7.80. The summed E-state index contributed by atoms with van der Waals surface area (Å²) in [6.45, 7) is 2.11. The Hall–Kier alpha value is -2.77. The molecule has 0 unspecified atom stereocenters. The molecule has 0 saturated heterocycles. The molecule has 26 heavy (non-hydrogen) atoms. The van der Waals surface area contributed by atoms with Crippen LogP contribution in [0.2, 0.25) is 0 Å². The molecule has 7 heteroatoms. The van der Waals surface area contributed by atoms with Crippen LogP contribution in [0, 0.1) is 4.77 Å². The van der Waals surface area contributed by atoms with E-state index in [-0.39, 0.29) is 11.5 Å². The van der Waals surface area contributed by atoms with E-state index in [1.54, 1.807) is 19.1 Å². The Morgan fingerprint density at radius 3 is 2.85 bits per heavy atom. The average Bonchev–Trinajstić information content (AvgIpc) is 3.05. The van der Waals surface area contributed by atoms with Crippen molar-refractivity contribution in [3.05, 3.63) is 68.5 Å². The van der Waals surface area contributed by atoms with Crippen LogP contribution in [-0.4, -0.2) is 22.1 Å². The summed E-state index contributed by atoms with van der Waals surface area (Å²) in [5.41, 5.74) is 1.19. The molecule has 0 aliphatic rings. The molecule has 0 amide bonds. The van der Waals surface area contributed by atoms with E-state index >= 15 is 0 Å². The molecular weight excluding hydrogens is 368 g/mol. The minimum atomic E-state index is -0.338. The Labute approximate surface area is 157 Å². The van der Waals surface area contributed by atoms with Gasteiger partial charge < -0.3 is 9.72 Å². The number of benzene rings is 2. The highest BCUT2D eigenvalue weighted by Crippen LogP contribution is 2.28. The molecule has 2 aromatic carbocycles. The number of hydrogen-bond acceptors (Lipinski definition) is 5. The molecular formula is C19H14N2O3S2. The van der Waals surface area contributed by atoms with E-state index in [1.807, 2.05) is 36.4 Å². The van der Waals surface area contributed by atoms with Gasteiger partial charge in [0.15, 0.2) is 4.77 Å². The predicted octanol–water partition coefficient (Wildman–Crippen LogP) is 4.44. The van der Waals surface area contributed by atoms with Crippen molar-refractivity contribution in [2.75, 3.05) is 6.61 Å². The summed E-state index contributed by atoms with van der Waals surface area (Å²) in [5, 5.41) is 1.43. The van der Waals surface area contributed by atoms with Crippen molar-refractivity contribution in [2.45, 2.75) is 6.92 Å². The molecule has 0 bridgehead atoms. The van der Waals surface area contributed by atoms with E-state index < -0.39 is 0 Å². The van der Waals surface area contributed by atoms with E-state index in [9.17, 15) is 9.59 Å². The topological polar surface area (TPSA) is 64.1 Å². The maximum absolute atomic E-state index is 12.9. The number of aromatic nitrogens is 2. The van der Waals surface area contributed by atoms with Crippen molar-refractivity contribution in [3.8, 4) is 5.69 Å². The van der Waals surface area contributed by atoms with Gasteiger partial charge in [-0.1, -0.05) is 12.1 Å². The van der Waals surface area contributed by atoms with Crippen LogP contribution in [0.1, 0.15) is 16.6 Å². The van der Waals surface area contributed by atoms with Gasteiger partial charge in [0.25, 0.3) is 5.56 Å². The quantitative estimate of drug-likeness (QED) is 0.420. The summed E-state index contributed by atoms with van der Waals surface area (Å²) >= 11 is 6.75. The van der Waals surface area contributed by atoms with Crippen molar-refractivity contribution in [2.24, 2.45) is 0 Å². The van der Waals surface area contributed by atoms with E-state index in [0.29, 0.717) is 32.8 Å². The second-order valence-electron chi connectivity index (χ2n) is 5.67. The van der Waals surface area contributed by atoms with Gasteiger partial charge in [-0.2, -0.15) is 0 Å². The number of rotatable bonds is 3. The molecule has 0 aliphatic carbocycles. The van der Waals surface area contributed by atoms with Gasteiger partial charge in [-0.15, -0.1) is 11.3 Å². The van der Waals surface area contributed by atoms with Crippen LogP contribution in [0.15, 0.2) is 53.3 Å². The number of H-pyrrole nitrogens is 1. The second kappa shape index (κ2) is 6.51. The number of carbonyl (C=O) groups excluding carboxylic acids is 1. The first-order valence-corrected chi connectivity index (χ1v) is 9.26. The summed E-state index contributed by atoms with van der Waals surface area (Å²) in [5.74, 6) is -0.338. The van der Waals surface area contributed by atoms with Gasteiger partial charge in [0.05, 0.1) is 23.2 Å². The van der Waals surface area contributed by atoms with Crippen LogP contribution in [0.4, 0.5) is 0 Å². The van der Waals surface area contributed by atoms with E-state index in [0.717, 1.165) is 10.1 Å². The summed E-state index contributed by atoms with van der Waals surface area (Å²) in [6, 6.07) is 14.6. The fourth-order valence-electron chi connectivity index (χ4n) is 2.87. The number of ether oxygens (including phenoxy) is 1.